The minimum Gasteiger partial charge on any atom is -0.368 e. The highest BCUT2D eigenvalue weighted by atomic mass is 16.5. The Labute approximate surface area is 170 Å². The van der Waals surface area contributed by atoms with Crippen molar-refractivity contribution in [1.29, 1.82) is 0 Å². The van der Waals surface area contributed by atoms with E-state index in [1.165, 1.54) is 0 Å². The third-order valence-corrected chi connectivity index (χ3v) is 6.09. The number of H-pyrrole nitrogens is 1. The molecule has 2 aromatic heterocycles. The van der Waals surface area contributed by atoms with Gasteiger partial charge in [0.15, 0.2) is 0 Å². The molecule has 3 heterocycles. The zero-order chi connectivity index (χ0) is 20.0. The first-order chi connectivity index (χ1) is 14.0. The number of aromatic amines is 1. The van der Waals surface area contributed by atoms with Gasteiger partial charge in [0.25, 0.3) is 0 Å². The van der Waals surface area contributed by atoms with Crippen molar-refractivity contribution >= 4 is 17.8 Å². The first-order valence-electron chi connectivity index (χ1n) is 10.3. The number of carbonyl (C=O) groups excluding carboxylic acids is 1. The quantitative estimate of drug-likeness (QED) is 0.835. The number of rotatable bonds is 5. The van der Waals surface area contributed by atoms with E-state index in [2.05, 4.69) is 39.2 Å². The lowest BCUT2D eigenvalue weighted by atomic mass is 9.98. The standard InChI is InChI=1S/C21H26N6O2/c1-3-26-8-9-27(12-19(26)28)18-11-17(22-13-23-18)20-15-10-14(29-21(2)6-7-21)4-5-16(15)24-25-20/h4-5,11,13-14H,3,6-10,12H2,1-2H3,(H,24,25). The van der Waals surface area contributed by atoms with Crippen LogP contribution in [0, 0.1) is 0 Å². The number of nitrogens with one attached hydrogen (secondary N) is 1. The van der Waals surface area contributed by atoms with Crippen LogP contribution in [-0.4, -0.2) is 68.9 Å². The van der Waals surface area contributed by atoms with Crippen molar-refractivity contribution in [1.82, 2.24) is 25.1 Å². The van der Waals surface area contributed by atoms with Gasteiger partial charge in [-0.25, -0.2) is 9.97 Å². The molecule has 0 aromatic carbocycles. The fourth-order valence-electron chi connectivity index (χ4n) is 4.04. The van der Waals surface area contributed by atoms with Gasteiger partial charge >= 0.3 is 0 Å². The van der Waals surface area contributed by atoms with Crippen molar-refractivity contribution in [2.45, 2.75) is 44.8 Å². The fourth-order valence-corrected chi connectivity index (χ4v) is 4.04. The lowest BCUT2D eigenvalue weighted by Crippen LogP contribution is -2.50. The Bertz CT molecular complexity index is 964. The van der Waals surface area contributed by atoms with Crippen molar-refractivity contribution in [3.05, 3.63) is 29.7 Å². The molecule has 1 saturated heterocycles. The average Bonchev–Trinajstić information content (AvgIpc) is 3.30. The van der Waals surface area contributed by atoms with Gasteiger partial charge in [0.1, 0.15) is 17.8 Å². The number of carbonyl (C=O) groups is 1. The molecular weight excluding hydrogens is 368 g/mol. The first kappa shape index (κ1) is 18.3. The normalized spacial score (nSPS) is 22.7. The number of hydrogen-bond donors (Lipinski definition) is 1. The van der Waals surface area contributed by atoms with Gasteiger partial charge in [-0.2, -0.15) is 5.10 Å². The van der Waals surface area contributed by atoms with E-state index < -0.39 is 0 Å². The summed E-state index contributed by atoms with van der Waals surface area (Å²) in [6.07, 6.45) is 8.81. The molecule has 1 amide bonds. The minimum atomic E-state index is 0.0334. The highest BCUT2D eigenvalue weighted by Gasteiger charge is 2.41. The van der Waals surface area contributed by atoms with Gasteiger partial charge in [0, 0.05) is 37.7 Å². The van der Waals surface area contributed by atoms with E-state index in [4.69, 9.17) is 4.74 Å². The van der Waals surface area contributed by atoms with E-state index in [0.29, 0.717) is 6.54 Å². The Morgan fingerprint density at radius 3 is 2.93 bits per heavy atom. The topological polar surface area (TPSA) is 87.2 Å². The number of piperazine rings is 1. The van der Waals surface area contributed by atoms with Crippen LogP contribution in [-0.2, 0) is 16.0 Å². The summed E-state index contributed by atoms with van der Waals surface area (Å²) in [7, 11) is 0. The van der Waals surface area contributed by atoms with E-state index >= 15 is 0 Å². The summed E-state index contributed by atoms with van der Waals surface area (Å²) < 4.78 is 6.25. The first-order valence-corrected chi connectivity index (χ1v) is 10.3. The summed E-state index contributed by atoms with van der Waals surface area (Å²) in [4.78, 5) is 25.0. The number of likely N-dealkylation sites (N-methyl/N-ethyl adjacent to an activating group) is 1. The molecule has 5 rings (SSSR count). The van der Waals surface area contributed by atoms with Crippen LogP contribution >= 0.6 is 0 Å². The summed E-state index contributed by atoms with van der Waals surface area (Å²) in [6, 6.07) is 1.93. The minimum absolute atomic E-state index is 0.0334. The SMILES string of the molecule is CCN1CCN(c2cc(-c3n[nH]c4c3CC(OC3(C)CC3)C=C4)ncn2)CC1=O. The Morgan fingerprint density at radius 2 is 2.17 bits per heavy atom. The summed E-state index contributed by atoms with van der Waals surface area (Å²) in [5.41, 5.74) is 3.77. The van der Waals surface area contributed by atoms with Crippen LogP contribution in [0.4, 0.5) is 5.82 Å². The van der Waals surface area contributed by atoms with E-state index in [-0.39, 0.29) is 17.6 Å². The predicted octanol–water partition coefficient (Wildman–Crippen LogP) is 2.04. The van der Waals surface area contributed by atoms with Crippen molar-refractivity contribution in [3.63, 3.8) is 0 Å². The van der Waals surface area contributed by atoms with E-state index in [0.717, 1.165) is 67.4 Å². The maximum atomic E-state index is 12.3. The van der Waals surface area contributed by atoms with Gasteiger partial charge in [-0.05, 0) is 32.8 Å². The molecule has 1 aliphatic heterocycles. The smallest absolute Gasteiger partial charge is 0.242 e. The van der Waals surface area contributed by atoms with Gasteiger partial charge in [-0.15, -0.1) is 0 Å². The molecule has 3 aliphatic rings. The number of fused-ring (bicyclic) bond motifs is 1. The predicted molar refractivity (Wildman–Crippen MR) is 109 cm³/mol. The van der Waals surface area contributed by atoms with Crippen molar-refractivity contribution in [2.75, 3.05) is 31.1 Å². The second-order valence-corrected chi connectivity index (χ2v) is 8.29. The van der Waals surface area contributed by atoms with Gasteiger partial charge in [0.05, 0.1) is 29.6 Å². The van der Waals surface area contributed by atoms with Crippen LogP contribution < -0.4 is 4.90 Å². The Kier molecular flexibility index (Phi) is 4.38. The van der Waals surface area contributed by atoms with Crippen LogP contribution in [0.25, 0.3) is 17.5 Å². The van der Waals surface area contributed by atoms with Crippen LogP contribution in [0.15, 0.2) is 18.5 Å². The fraction of sp³-hybridized carbons (Fsp3) is 0.524. The molecule has 1 N–H and O–H groups in total. The molecule has 2 aliphatic carbocycles. The Balaban J connectivity index is 1.38. The number of hydrogen-bond acceptors (Lipinski definition) is 6. The Morgan fingerprint density at radius 1 is 1.31 bits per heavy atom. The lowest BCUT2D eigenvalue weighted by Gasteiger charge is -2.34. The summed E-state index contributed by atoms with van der Waals surface area (Å²) in [5, 5.41) is 7.64. The molecule has 2 aromatic rings. The van der Waals surface area contributed by atoms with Gasteiger partial charge in [-0.3, -0.25) is 9.89 Å². The average molecular weight is 394 g/mol. The van der Waals surface area contributed by atoms with E-state index in [1.807, 2.05) is 22.8 Å². The van der Waals surface area contributed by atoms with Crippen LogP contribution in [0.3, 0.4) is 0 Å². The number of ether oxygens (including phenoxy) is 1. The highest BCUT2D eigenvalue weighted by Crippen LogP contribution is 2.41. The lowest BCUT2D eigenvalue weighted by molar-refractivity contribution is -0.130. The molecule has 8 heteroatoms. The van der Waals surface area contributed by atoms with Gasteiger partial charge in [-0.1, -0.05) is 6.08 Å². The molecule has 2 fully saturated rings. The van der Waals surface area contributed by atoms with E-state index in [9.17, 15) is 4.79 Å². The number of nitrogens with zero attached hydrogens (tertiary/aromatic N) is 5. The van der Waals surface area contributed by atoms with Crippen molar-refractivity contribution in [2.24, 2.45) is 0 Å². The van der Waals surface area contributed by atoms with Gasteiger partial charge in [0.2, 0.25) is 5.91 Å². The summed E-state index contributed by atoms with van der Waals surface area (Å²) in [6.45, 7) is 6.76. The highest BCUT2D eigenvalue weighted by molar-refractivity contribution is 5.82. The second-order valence-electron chi connectivity index (χ2n) is 8.29. The Hall–Kier alpha value is -2.74. The number of amides is 1. The molecule has 1 unspecified atom stereocenters. The molecule has 29 heavy (non-hydrogen) atoms. The van der Waals surface area contributed by atoms with Crippen molar-refractivity contribution in [3.8, 4) is 11.4 Å². The molecule has 0 radical (unpaired) electrons. The number of aromatic nitrogens is 4. The molecule has 8 nitrogen and oxygen atoms in total. The van der Waals surface area contributed by atoms with Crippen LogP contribution in [0.1, 0.15) is 37.9 Å². The van der Waals surface area contributed by atoms with Crippen LogP contribution in [0.5, 0.6) is 0 Å². The van der Waals surface area contributed by atoms with E-state index in [1.54, 1.807) is 6.33 Å². The molecule has 152 valence electrons. The zero-order valence-corrected chi connectivity index (χ0v) is 16.9. The molecule has 1 atom stereocenters. The summed E-state index contributed by atoms with van der Waals surface area (Å²) >= 11 is 0. The third-order valence-electron chi connectivity index (χ3n) is 6.09. The van der Waals surface area contributed by atoms with Gasteiger partial charge < -0.3 is 14.5 Å². The molecule has 0 bridgehead atoms. The monoisotopic (exact) mass is 394 g/mol. The van der Waals surface area contributed by atoms with Crippen molar-refractivity contribution < 1.29 is 9.53 Å². The zero-order valence-electron chi connectivity index (χ0n) is 16.9. The van der Waals surface area contributed by atoms with Crippen LogP contribution in [0.2, 0.25) is 0 Å². The second kappa shape index (κ2) is 6.95. The molecule has 0 spiro atoms. The molecule has 1 saturated carbocycles. The third kappa shape index (κ3) is 3.53. The number of anilines is 1. The maximum Gasteiger partial charge on any atom is 0.242 e. The largest absolute Gasteiger partial charge is 0.368 e. The molecular formula is C21H26N6O2. The summed E-state index contributed by atoms with van der Waals surface area (Å²) in [5.74, 6) is 0.898. The maximum absolute atomic E-state index is 12.3.